The Balaban J connectivity index is 5.74. The molecule has 0 bridgehead atoms. The molecule has 22 heavy (non-hydrogen) atoms. The van der Waals surface area contributed by atoms with E-state index < -0.39 is 28.7 Å². The number of hydrogen-bond donors (Lipinski definition) is 0. The highest BCUT2D eigenvalue weighted by Gasteiger charge is 2.25. The van der Waals surface area contributed by atoms with Crippen LogP contribution < -0.4 is 0 Å². The Morgan fingerprint density at radius 2 is 1.82 bits per heavy atom. The van der Waals surface area contributed by atoms with E-state index in [1.54, 1.807) is 6.92 Å². The standard InChI is InChI=1S/C12H19N3O7/c1-8(20-3)6-14(13-9(2)11(16)21-4)10(7-15(18)19)12(17)22-5/h7-8H,6H2,1-5H3/b10-7+,13-9+. The molecule has 0 aliphatic heterocycles. The SMILES string of the molecule is COC(=O)/C(=C\[N+](=O)[O-])N(CC(C)OC)/N=C(\C)C(=O)OC. The van der Waals surface area contributed by atoms with Gasteiger partial charge in [0.25, 0.3) is 6.20 Å². The number of hydrazone groups is 1. The molecule has 1 atom stereocenters. The van der Waals surface area contributed by atoms with E-state index in [2.05, 4.69) is 14.6 Å². The van der Waals surface area contributed by atoms with E-state index in [1.165, 1.54) is 14.0 Å². The topological polar surface area (TPSA) is 121 Å². The molecule has 0 N–H and O–H groups in total. The van der Waals surface area contributed by atoms with Gasteiger partial charge in [0.15, 0.2) is 0 Å². The van der Waals surface area contributed by atoms with Crippen molar-refractivity contribution in [2.24, 2.45) is 5.10 Å². The Hall–Kier alpha value is -2.49. The van der Waals surface area contributed by atoms with Crippen LogP contribution in [0.2, 0.25) is 0 Å². The minimum absolute atomic E-state index is 0.0143. The molecule has 0 aromatic carbocycles. The Morgan fingerprint density at radius 3 is 2.23 bits per heavy atom. The van der Waals surface area contributed by atoms with Crippen LogP contribution in [-0.4, -0.2) is 61.6 Å². The average molecular weight is 317 g/mol. The van der Waals surface area contributed by atoms with Crippen molar-refractivity contribution in [1.82, 2.24) is 5.01 Å². The zero-order valence-corrected chi connectivity index (χ0v) is 13.1. The van der Waals surface area contributed by atoms with Crippen molar-refractivity contribution in [3.05, 3.63) is 22.0 Å². The van der Waals surface area contributed by atoms with Gasteiger partial charge in [-0.15, -0.1) is 0 Å². The van der Waals surface area contributed by atoms with Crippen LogP contribution in [0.5, 0.6) is 0 Å². The molecule has 0 aliphatic rings. The van der Waals surface area contributed by atoms with E-state index in [0.29, 0.717) is 6.20 Å². The lowest BCUT2D eigenvalue weighted by molar-refractivity contribution is -0.404. The van der Waals surface area contributed by atoms with E-state index in [0.717, 1.165) is 19.2 Å². The van der Waals surface area contributed by atoms with E-state index >= 15 is 0 Å². The molecular formula is C12H19N3O7. The number of ether oxygens (including phenoxy) is 3. The summed E-state index contributed by atoms with van der Waals surface area (Å²) in [5, 5.41) is 15.5. The molecule has 1 unspecified atom stereocenters. The number of esters is 2. The molecule has 0 aromatic rings. The van der Waals surface area contributed by atoms with Gasteiger partial charge in [-0.1, -0.05) is 0 Å². The van der Waals surface area contributed by atoms with Crippen LogP contribution in [0, 0.1) is 10.1 Å². The smallest absolute Gasteiger partial charge is 0.362 e. The van der Waals surface area contributed by atoms with Crippen LogP contribution >= 0.6 is 0 Å². The summed E-state index contributed by atoms with van der Waals surface area (Å²) in [6.45, 7) is 2.99. The molecule has 0 spiro atoms. The minimum Gasteiger partial charge on any atom is -0.464 e. The molecule has 0 radical (unpaired) electrons. The van der Waals surface area contributed by atoms with E-state index in [-0.39, 0.29) is 12.3 Å². The molecule has 0 amide bonds. The van der Waals surface area contributed by atoms with Gasteiger partial charge in [-0.3, -0.25) is 10.1 Å². The molecule has 0 rings (SSSR count). The lowest BCUT2D eigenvalue weighted by Crippen LogP contribution is -2.33. The van der Waals surface area contributed by atoms with Crippen LogP contribution in [-0.2, 0) is 23.8 Å². The van der Waals surface area contributed by atoms with Crippen molar-refractivity contribution in [3.63, 3.8) is 0 Å². The second-order valence-corrected chi connectivity index (χ2v) is 4.10. The predicted molar refractivity (Wildman–Crippen MR) is 75.4 cm³/mol. The van der Waals surface area contributed by atoms with Crippen molar-refractivity contribution >= 4 is 17.7 Å². The zero-order valence-electron chi connectivity index (χ0n) is 13.1. The van der Waals surface area contributed by atoms with Crippen molar-refractivity contribution in [1.29, 1.82) is 0 Å². The summed E-state index contributed by atoms with van der Waals surface area (Å²) < 4.78 is 14.0. The fourth-order valence-corrected chi connectivity index (χ4v) is 1.31. The minimum atomic E-state index is -0.971. The van der Waals surface area contributed by atoms with Gasteiger partial charge >= 0.3 is 11.9 Å². The number of carbonyl (C=O) groups excluding carboxylic acids is 2. The third-order valence-corrected chi connectivity index (χ3v) is 2.48. The van der Waals surface area contributed by atoms with E-state index in [4.69, 9.17) is 4.74 Å². The summed E-state index contributed by atoms with van der Waals surface area (Å²) in [4.78, 5) is 33.0. The first-order chi connectivity index (χ1) is 10.3. The van der Waals surface area contributed by atoms with Crippen molar-refractivity contribution in [3.8, 4) is 0 Å². The summed E-state index contributed by atoms with van der Waals surface area (Å²) >= 11 is 0. The van der Waals surface area contributed by atoms with Crippen LogP contribution in [0.25, 0.3) is 0 Å². The first-order valence-corrected chi connectivity index (χ1v) is 6.14. The Labute approximate surface area is 127 Å². The van der Waals surface area contributed by atoms with E-state index in [9.17, 15) is 19.7 Å². The van der Waals surface area contributed by atoms with E-state index in [1.807, 2.05) is 0 Å². The number of hydrogen-bond acceptors (Lipinski definition) is 9. The van der Waals surface area contributed by atoms with Gasteiger partial charge in [0, 0.05) is 7.11 Å². The fraction of sp³-hybridized carbons (Fsp3) is 0.583. The lowest BCUT2D eigenvalue weighted by Gasteiger charge is -2.22. The van der Waals surface area contributed by atoms with Crippen LogP contribution in [0.15, 0.2) is 17.0 Å². The lowest BCUT2D eigenvalue weighted by atomic mass is 10.3. The molecule has 10 heteroatoms. The van der Waals surface area contributed by atoms with Gasteiger partial charge in [0.1, 0.15) is 5.71 Å². The maximum Gasteiger partial charge on any atom is 0.362 e. The van der Waals surface area contributed by atoms with Crippen molar-refractivity contribution in [2.45, 2.75) is 20.0 Å². The molecule has 0 aliphatic carbocycles. The number of nitro groups is 1. The molecule has 0 fully saturated rings. The molecular weight excluding hydrogens is 298 g/mol. The molecule has 0 heterocycles. The fourth-order valence-electron chi connectivity index (χ4n) is 1.31. The summed E-state index contributed by atoms with van der Waals surface area (Å²) in [6.07, 6.45) is 0.0245. The second-order valence-electron chi connectivity index (χ2n) is 4.10. The first-order valence-electron chi connectivity index (χ1n) is 6.14. The van der Waals surface area contributed by atoms with Gasteiger partial charge in [-0.25, -0.2) is 14.6 Å². The largest absolute Gasteiger partial charge is 0.464 e. The van der Waals surface area contributed by atoms with Crippen LogP contribution in [0.1, 0.15) is 13.8 Å². The monoisotopic (exact) mass is 317 g/mol. The maximum absolute atomic E-state index is 11.7. The van der Waals surface area contributed by atoms with Gasteiger partial charge in [0.05, 0.1) is 31.8 Å². The summed E-state index contributed by atoms with van der Waals surface area (Å²) in [6, 6.07) is 0. The molecule has 0 saturated heterocycles. The highest BCUT2D eigenvalue weighted by molar-refractivity contribution is 6.35. The maximum atomic E-state index is 11.7. The second kappa shape index (κ2) is 9.45. The zero-order chi connectivity index (χ0) is 17.3. The number of methoxy groups -OCH3 is 3. The number of rotatable bonds is 8. The highest BCUT2D eigenvalue weighted by atomic mass is 16.6. The van der Waals surface area contributed by atoms with Crippen molar-refractivity contribution < 1.29 is 28.7 Å². The number of carbonyl (C=O) groups is 2. The predicted octanol–water partition coefficient (Wildman–Crippen LogP) is 0.163. The van der Waals surface area contributed by atoms with Crippen LogP contribution in [0.3, 0.4) is 0 Å². The quantitative estimate of drug-likeness (QED) is 0.204. The summed E-state index contributed by atoms with van der Waals surface area (Å²) in [5.41, 5.74) is -0.538. The van der Waals surface area contributed by atoms with Gasteiger partial charge < -0.3 is 14.2 Å². The normalized spacial score (nSPS) is 13.3. The Morgan fingerprint density at radius 1 is 1.27 bits per heavy atom. The van der Waals surface area contributed by atoms with Gasteiger partial charge in [-0.05, 0) is 13.8 Å². The average Bonchev–Trinajstić information content (AvgIpc) is 2.49. The first kappa shape index (κ1) is 19.5. The Bertz CT molecular complexity index is 487. The summed E-state index contributed by atoms with van der Waals surface area (Å²) in [7, 11) is 3.66. The molecule has 10 nitrogen and oxygen atoms in total. The van der Waals surface area contributed by atoms with Crippen molar-refractivity contribution in [2.75, 3.05) is 27.9 Å². The van der Waals surface area contributed by atoms with Gasteiger partial charge in [0.2, 0.25) is 5.70 Å². The molecule has 0 aromatic heterocycles. The third-order valence-electron chi connectivity index (χ3n) is 2.48. The third kappa shape index (κ3) is 6.31. The molecule has 124 valence electrons. The van der Waals surface area contributed by atoms with Gasteiger partial charge in [-0.2, -0.15) is 5.10 Å². The Kier molecular flexibility index (Phi) is 8.38. The summed E-state index contributed by atoms with van der Waals surface area (Å²) in [5.74, 6) is -1.71. The van der Waals surface area contributed by atoms with Crippen LogP contribution in [0.4, 0.5) is 0 Å². The molecule has 0 saturated carbocycles. The highest BCUT2D eigenvalue weighted by Crippen LogP contribution is 2.11. The number of nitrogens with zero attached hydrogens (tertiary/aromatic N) is 3.